The minimum Gasteiger partial charge on any atom is -0.467 e. The molecule has 3 heterocycles. The number of nitrogens with zero attached hydrogens (tertiary/aromatic N) is 2. The maximum Gasteiger partial charge on any atom is 0.255 e. The van der Waals surface area contributed by atoms with E-state index in [1.165, 1.54) is 6.26 Å². The molecule has 3 aromatic rings. The number of amides is 1. The third-order valence-electron chi connectivity index (χ3n) is 4.56. The molecule has 0 spiro atoms. The van der Waals surface area contributed by atoms with Gasteiger partial charge in [0.2, 0.25) is 0 Å². The Labute approximate surface area is 151 Å². The first-order chi connectivity index (χ1) is 12.7. The molecule has 7 nitrogen and oxygen atoms in total. The maximum absolute atomic E-state index is 12.5. The Kier molecular flexibility index (Phi) is 4.73. The third kappa shape index (κ3) is 3.63. The molecule has 7 heteroatoms. The van der Waals surface area contributed by atoms with Gasteiger partial charge < -0.3 is 19.5 Å². The van der Waals surface area contributed by atoms with Crippen LogP contribution in [0.1, 0.15) is 34.9 Å². The number of H-pyrrole nitrogens is 1. The molecular formula is C19H22N4O3. The fourth-order valence-corrected chi connectivity index (χ4v) is 3.09. The number of fused-ring (bicyclic) bond motifs is 1. The first kappa shape index (κ1) is 16.8. The average Bonchev–Trinajstić information content (AvgIpc) is 3.29. The van der Waals surface area contributed by atoms with Crippen molar-refractivity contribution in [2.45, 2.75) is 19.5 Å². The molecule has 2 aromatic heterocycles. The number of carbonyl (C=O) groups excluding carboxylic acids is 1. The predicted molar refractivity (Wildman–Crippen MR) is 96.8 cm³/mol. The van der Waals surface area contributed by atoms with Crippen LogP contribution in [0.4, 0.5) is 0 Å². The van der Waals surface area contributed by atoms with E-state index in [9.17, 15) is 4.79 Å². The van der Waals surface area contributed by atoms with Crippen molar-refractivity contribution in [2.24, 2.45) is 0 Å². The molecule has 1 aliphatic heterocycles. The highest BCUT2D eigenvalue weighted by atomic mass is 16.5. The fraction of sp³-hybridized carbons (Fsp3) is 0.368. The van der Waals surface area contributed by atoms with Crippen LogP contribution < -0.4 is 5.32 Å². The zero-order valence-electron chi connectivity index (χ0n) is 14.7. The Bertz CT molecular complexity index is 862. The highest BCUT2D eigenvalue weighted by Gasteiger charge is 2.18. The van der Waals surface area contributed by atoms with Crippen LogP contribution in [0.3, 0.4) is 0 Å². The van der Waals surface area contributed by atoms with Gasteiger partial charge >= 0.3 is 0 Å². The van der Waals surface area contributed by atoms with Crippen LogP contribution in [0.25, 0.3) is 11.0 Å². The van der Waals surface area contributed by atoms with Gasteiger partial charge in [-0.2, -0.15) is 0 Å². The van der Waals surface area contributed by atoms with E-state index in [-0.39, 0.29) is 11.9 Å². The molecule has 1 fully saturated rings. The molecule has 1 aromatic carbocycles. The second-order valence-corrected chi connectivity index (χ2v) is 6.52. The monoisotopic (exact) mass is 354 g/mol. The van der Waals surface area contributed by atoms with Gasteiger partial charge in [0.25, 0.3) is 5.91 Å². The lowest BCUT2D eigenvalue weighted by Crippen LogP contribution is -2.35. The van der Waals surface area contributed by atoms with Gasteiger partial charge in [0, 0.05) is 13.1 Å². The lowest BCUT2D eigenvalue weighted by atomic mass is 10.2. The number of ether oxygens (including phenoxy) is 1. The second-order valence-electron chi connectivity index (χ2n) is 6.52. The maximum atomic E-state index is 12.5. The van der Waals surface area contributed by atoms with Crippen molar-refractivity contribution in [2.75, 3.05) is 26.3 Å². The van der Waals surface area contributed by atoms with Crippen LogP contribution in [0.5, 0.6) is 0 Å². The molecule has 2 N–H and O–H groups in total. The molecule has 1 saturated heterocycles. The quantitative estimate of drug-likeness (QED) is 0.735. The standard InChI is InChI=1S/C19H22N4O3/c1-13(18-21-16-4-2-3-5-17(16)22-18)20-19(24)14-10-15(26-12-14)11-23-6-8-25-9-7-23/h2-5,10,12-13H,6-9,11H2,1H3,(H,20,24)(H,21,22)/t13-/m0/s1. The Morgan fingerprint density at radius 2 is 2.15 bits per heavy atom. The number of morpholine rings is 1. The molecule has 0 bridgehead atoms. The molecule has 1 amide bonds. The van der Waals surface area contributed by atoms with Crippen molar-refractivity contribution in [1.29, 1.82) is 0 Å². The number of furan rings is 1. The van der Waals surface area contributed by atoms with Gasteiger partial charge in [-0.05, 0) is 25.1 Å². The third-order valence-corrected chi connectivity index (χ3v) is 4.56. The molecule has 1 aliphatic rings. The summed E-state index contributed by atoms with van der Waals surface area (Å²) >= 11 is 0. The minimum atomic E-state index is -0.229. The van der Waals surface area contributed by atoms with E-state index in [0.29, 0.717) is 12.1 Å². The molecule has 4 rings (SSSR count). The van der Waals surface area contributed by atoms with E-state index >= 15 is 0 Å². The number of benzene rings is 1. The SMILES string of the molecule is C[C@H](NC(=O)c1coc(CN2CCOCC2)c1)c1nc2ccccc2[nH]1. The number of aromatic amines is 1. The first-order valence-electron chi connectivity index (χ1n) is 8.82. The van der Waals surface area contributed by atoms with Gasteiger partial charge in [-0.3, -0.25) is 9.69 Å². The van der Waals surface area contributed by atoms with Crippen molar-refractivity contribution >= 4 is 16.9 Å². The van der Waals surface area contributed by atoms with Crippen molar-refractivity contribution in [3.63, 3.8) is 0 Å². The Balaban J connectivity index is 1.39. The van der Waals surface area contributed by atoms with E-state index < -0.39 is 0 Å². The zero-order chi connectivity index (χ0) is 17.9. The number of hydrogen-bond acceptors (Lipinski definition) is 5. The molecule has 26 heavy (non-hydrogen) atoms. The number of imidazole rings is 1. The molecular weight excluding hydrogens is 332 g/mol. The smallest absolute Gasteiger partial charge is 0.255 e. The minimum absolute atomic E-state index is 0.171. The molecule has 1 atom stereocenters. The highest BCUT2D eigenvalue weighted by Crippen LogP contribution is 2.17. The average molecular weight is 354 g/mol. The number of hydrogen-bond donors (Lipinski definition) is 2. The van der Waals surface area contributed by atoms with Gasteiger partial charge in [0.05, 0.1) is 42.4 Å². The van der Waals surface area contributed by atoms with E-state index in [1.807, 2.05) is 31.2 Å². The van der Waals surface area contributed by atoms with E-state index in [2.05, 4.69) is 20.2 Å². The van der Waals surface area contributed by atoms with Crippen molar-refractivity contribution in [3.8, 4) is 0 Å². The molecule has 0 unspecified atom stereocenters. The topological polar surface area (TPSA) is 83.4 Å². The lowest BCUT2D eigenvalue weighted by Gasteiger charge is -2.25. The van der Waals surface area contributed by atoms with E-state index in [1.54, 1.807) is 6.07 Å². The van der Waals surface area contributed by atoms with Gasteiger partial charge in [0.15, 0.2) is 0 Å². The summed E-state index contributed by atoms with van der Waals surface area (Å²) in [4.78, 5) is 22.5. The Morgan fingerprint density at radius 3 is 2.96 bits per heavy atom. The number of rotatable bonds is 5. The number of para-hydroxylation sites is 2. The van der Waals surface area contributed by atoms with E-state index in [4.69, 9.17) is 9.15 Å². The summed E-state index contributed by atoms with van der Waals surface area (Å²) in [6.45, 7) is 5.84. The van der Waals surface area contributed by atoms with Crippen LogP contribution in [-0.4, -0.2) is 47.1 Å². The largest absolute Gasteiger partial charge is 0.467 e. The van der Waals surface area contributed by atoms with Gasteiger partial charge in [-0.15, -0.1) is 0 Å². The fourth-order valence-electron chi connectivity index (χ4n) is 3.09. The van der Waals surface area contributed by atoms with E-state index in [0.717, 1.165) is 48.9 Å². The van der Waals surface area contributed by atoms with Crippen LogP contribution in [0, 0.1) is 0 Å². The molecule has 0 radical (unpaired) electrons. The summed E-state index contributed by atoms with van der Waals surface area (Å²) in [5.41, 5.74) is 2.37. The molecule has 0 saturated carbocycles. The van der Waals surface area contributed by atoms with Crippen molar-refractivity contribution in [1.82, 2.24) is 20.2 Å². The molecule has 136 valence electrons. The van der Waals surface area contributed by atoms with Crippen LogP contribution >= 0.6 is 0 Å². The summed E-state index contributed by atoms with van der Waals surface area (Å²) in [5, 5.41) is 2.96. The first-order valence-corrected chi connectivity index (χ1v) is 8.82. The number of aromatic nitrogens is 2. The second kappa shape index (κ2) is 7.31. The van der Waals surface area contributed by atoms with Crippen LogP contribution in [-0.2, 0) is 11.3 Å². The van der Waals surface area contributed by atoms with Gasteiger partial charge in [0.1, 0.15) is 17.8 Å². The normalized spacial score (nSPS) is 16.7. The molecule has 0 aliphatic carbocycles. The Hall–Kier alpha value is -2.64. The van der Waals surface area contributed by atoms with Crippen molar-refractivity contribution in [3.05, 3.63) is 53.7 Å². The predicted octanol–water partition coefficient (Wildman–Crippen LogP) is 2.48. The Morgan fingerprint density at radius 1 is 1.35 bits per heavy atom. The van der Waals surface area contributed by atoms with Crippen LogP contribution in [0.2, 0.25) is 0 Å². The van der Waals surface area contributed by atoms with Crippen molar-refractivity contribution < 1.29 is 13.9 Å². The summed E-state index contributed by atoms with van der Waals surface area (Å²) in [6, 6.07) is 9.38. The number of nitrogens with one attached hydrogen (secondary N) is 2. The lowest BCUT2D eigenvalue weighted by molar-refractivity contribution is 0.0313. The van der Waals surface area contributed by atoms with Gasteiger partial charge in [-0.1, -0.05) is 12.1 Å². The summed E-state index contributed by atoms with van der Waals surface area (Å²) in [7, 11) is 0. The summed E-state index contributed by atoms with van der Waals surface area (Å²) < 4.78 is 10.9. The highest BCUT2D eigenvalue weighted by molar-refractivity contribution is 5.94. The zero-order valence-corrected chi connectivity index (χ0v) is 14.7. The summed E-state index contributed by atoms with van der Waals surface area (Å²) in [6.07, 6.45) is 1.51. The van der Waals surface area contributed by atoms with Gasteiger partial charge in [-0.25, -0.2) is 4.98 Å². The van der Waals surface area contributed by atoms with Crippen LogP contribution in [0.15, 0.2) is 41.0 Å². The number of carbonyl (C=O) groups is 1. The summed E-state index contributed by atoms with van der Waals surface area (Å²) in [5.74, 6) is 1.35.